The van der Waals surface area contributed by atoms with E-state index in [4.69, 9.17) is 4.74 Å². The van der Waals surface area contributed by atoms with Gasteiger partial charge in [0, 0.05) is 25.3 Å². The lowest BCUT2D eigenvalue weighted by Gasteiger charge is -2.17. The number of hydrogen-bond acceptors (Lipinski definition) is 3. The van der Waals surface area contributed by atoms with E-state index in [1.54, 1.807) is 13.2 Å². The summed E-state index contributed by atoms with van der Waals surface area (Å²) in [5, 5.41) is 3.33. The van der Waals surface area contributed by atoms with Gasteiger partial charge in [-0.15, -0.1) is 0 Å². The van der Waals surface area contributed by atoms with Crippen LogP contribution in [0, 0.1) is 11.7 Å². The Bertz CT molecular complexity index is 655. The Balaban J connectivity index is 2.18. The van der Waals surface area contributed by atoms with Gasteiger partial charge in [-0.25, -0.2) is 9.37 Å². The SMILES string of the molecule is COC(C)c1ccc(-c2ccc(F)c(CN[C@H](C)C(C)C)n2)cc1. The zero-order valence-corrected chi connectivity index (χ0v) is 15.1. The monoisotopic (exact) mass is 330 g/mol. The van der Waals surface area contributed by atoms with Gasteiger partial charge in [0.05, 0.1) is 17.5 Å². The molecule has 4 heteroatoms. The van der Waals surface area contributed by atoms with Crippen LogP contribution in [0.4, 0.5) is 4.39 Å². The quantitative estimate of drug-likeness (QED) is 0.797. The third kappa shape index (κ3) is 4.62. The van der Waals surface area contributed by atoms with Crippen LogP contribution < -0.4 is 5.32 Å². The van der Waals surface area contributed by atoms with E-state index in [0.717, 1.165) is 16.8 Å². The summed E-state index contributed by atoms with van der Waals surface area (Å²) in [6.45, 7) is 8.81. The Morgan fingerprint density at radius 2 is 1.71 bits per heavy atom. The van der Waals surface area contributed by atoms with Gasteiger partial charge >= 0.3 is 0 Å². The Labute approximate surface area is 144 Å². The smallest absolute Gasteiger partial charge is 0.146 e. The van der Waals surface area contributed by atoms with E-state index in [9.17, 15) is 4.39 Å². The molecule has 2 rings (SSSR count). The molecule has 3 nitrogen and oxygen atoms in total. The van der Waals surface area contributed by atoms with E-state index < -0.39 is 0 Å². The Morgan fingerprint density at radius 3 is 2.29 bits per heavy atom. The summed E-state index contributed by atoms with van der Waals surface area (Å²) in [5.74, 6) is 0.221. The highest BCUT2D eigenvalue weighted by Crippen LogP contribution is 2.23. The molecule has 2 aromatic rings. The Morgan fingerprint density at radius 1 is 1.04 bits per heavy atom. The fraction of sp³-hybridized carbons (Fsp3) is 0.450. The van der Waals surface area contributed by atoms with E-state index >= 15 is 0 Å². The van der Waals surface area contributed by atoms with Crippen LogP contribution in [0.1, 0.15) is 45.1 Å². The van der Waals surface area contributed by atoms with Crippen molar-refractivity contribution in [3.8, 4) is 11.3 Å². The normalized spacial score (nSPS) is 14.0. The number of pyridine rings is 1. The van der Waals surface area contributed by atoms with E-state index in [2.05, 4.69) is 31.1 Å². The second-order valence-electron chi connectivity index (χ2n) is 6.54. The molecule has 1 N–H and O–H groups in total. The first kappa shape index (κ1) is 18.6. The molecular formula is C20H27FN2O. The average molecular weight is 330 g/mol. The minimum Gasteiger partial charge on any atom is -0.377 e. The Kier molecular flexibility index (Phi) is 6.46. The van der Waals surface area contributed by atoms with Crippen molar-refractivity contribution in [1.29, 1.82) is 0 Å². The van der Waals surface area contributed by atoms with Gasteiger partial charge < -0.3 is 10.1 Å². The molecule has 1 aromatic carbocycles. The summed E-state index contributed by atoms with van der Waals surface area (Å²) < 4.78 is 19.4. The van der Waals surface area contributed by atoms with Crippen LogP contribution in [0.25, 0.3) is 11.3 Å². The van der Waals surface area contributed by atoms with Crippen LogP contribution >= 0.6 is 0 Å². The highest BCUT2D eigenvalue weighted by Gasteiger charge is 2.11. The molecule has 0 saturated carbocycles. The van der Waals surface area contributed by atoms with Crippen molar-refractivity contribution in [2.45, 2.75) is 46.4 Å². The molecule has 2 atom stereocenters. The zero-order chi connectivity index (χ0) is 17.7. The molecule has 0 aliphatic heterocycles. The number of aromatic nitrogens is 1. The van der Waals surface area contributed by atoms with Crippen molar-refractivity contribution in [2.75, 3.05) is 7.11 Å². The molecule has 0 bridgehead atoms. The molecule has 0 aliphatic carbocycles. The van der Waals surface area contributed by atoms with Gasteiger partial charge in [0.2, 0.25) is 0 Å². The number of ether oxygens (including phenoxy) is 1. The first-order valence-electron chi connectivity index (χ1n) is 8.44. The number of methoxy groups -OCH3 is 1. The summed E-state index contributed by atoms with van der Waals surface area (Å²) in [5.41, 5.74) is 3.31. The summed E-state index contributed by atoms with van der Waals surface area (Å²) in [6.07, 6.45) is 0.0532. The summed E-state index contributed by atoms with van der Waals surface area (Å²) in [4.78, 5) is 4.50. The van der Waals surface area contributed by atoms with Gasteiger partial charge in [-0.2, -0.15) is 0 Å². The fourth-order valence-electron chi connectivity index (χ4n) is 2.32. The maximum atomic E-state index is 14.0. The predicted molar refractivity (Wildman–Crippen MR) is 96.2 cm³/mol. The minimum absolute atomic E-state index is 0.0532. The lowest BCUT2D eigenvalue weighted by molar-refractivity contribution is 0.119. The number of benzene rings is 1. The molecule has 1 unspecified atom stereocenters. The standard InChI is InChI=1S/C20H27FN2O/c1-13(2)14(3)22-12-20-18(21)10-11-19(23-20)17-8-6-16(7-9-17)15(4)24-5/h6-11,13-15,22H,12H2,1-5H3/t14-,15?/m1/s1. The first-order valence-corrected chi connectivity index (χ1v) is 8.44. The van der Waals surface area contributed by atoms with E-state index in [0.29, 0.717) is 24.2 Å². The van der Waals surface area contributed by atoms with Crippen LogP contribution in [-0.4, -0.2) is 18.1 Å². The number of nitrogens with one attached hydrogen (secondary N) is 1. The van der Waals surface area contributed by atoms with Crippen LogP contribution in [0.5, 0.6) is 0 Å². The van der Waals surface area contributed by atoms with Crippen molar-refractivity contribution in [1.82, 2.24) is 10.3 Å². The summed E-state index contributed by atoms with van der Waals surface area (Å²) in [7, 11) is 1.69. The summed E-state index contributed by atoms with van der Waals surface area (Å²) in [6, 6.07) is 11.6. The molecule has 1 heterocycles. The number of nitrogens with zero attached hydrogens (tertiary/aromatic N) is 1. The zero-order valence-electron chi connectivity index (χ0n) is 15.1. The van der Waals surface area contributed by atoms with Crippen LogP contribution in [0.2, 0.25) is 0 Å². The second kappa shape index (κ2) is 8.36. The van der Waals surface area contributed by atoms with Crippen molar-refractivity contribution in [3.05, 3.63) is 53.5 Å². The van der Waals surface area contributed by atoms with E-state index in [-0.39, 0.29) is 11.9 Å². The minimum atomic E-state index is -0.271. The third-order valence-corrected chi connectivity index (χ3v) is 4.54. The average Bonchev–Trinajstić information content (AvgIpc) is 2.60. The molecule has 24 heavy (non-hydrogen) atoms. The lowest BCUT2D eigenvalue weighted by Crippen LogP contribution is -2.30. The summed E-state index contributed by atoms with van der Waals surface area (Å²) >= 11 is 0. The number of halogens is 1. The highest BCUT2D eigenvalue weighted by atomic mass is 19.1. The van der Waals surface area contributed by atoms with Gasteiger partial charge in [0.1, 0.15) is 5.82 Å². The maximum Gasteiger partial charge on any atom is 0.146 e. The van der Waals surface area contributed by atoms with Gasteiger partial charge in [-0.3, -0.25) is 0 Å². The number of rotatable bonds is 7. The van der Waals surface area contributed by atoms with Gasteiger partial charge in [0.15, 0.2) is 0 Å². The van der Waals surface area contributed by atoms with Crippen molar-refractivity contribution >= 4 is 0 Å². The van der Waals surface area contributed by atoms with Crippen LogP contribution in [0.3, 0.4) is 0 Å². The molecule has 0 saturated heterocycles. The van der Waals surface area contributed by atoms with E-state index in [1.165, 1.54) is 6.07 Å². The molecule has 0 spiro atoms. The second-order valence-corrected chi connectivity index (χ2v) is 6.54. The van der Waals surface area contributed by atoms with Crippen LogP contribution in [0.15, 0.2) is 36.4 Å². The third-order valence-electron chi connectivity index (χ3n) is 4.54. The highest BCUT2D eigenvalue weighted by molar-refractivity contribution is 5.59. The lowest BCUT2D eigenvalue weighted by atomic mass is 10.0. The Hall–Kier alpha value is -1.78. The predicted octanol–water partition coefficient (Wildman–Crippen LogP) is 4.73. The van der Waals surface area contributed by atoms with Crippen LogP contribution in [-0.2, 0) is 11.3 Å². The first-order chi connectivity index (χ1) is 11.4. The topological polar surface area (TPSA) is 34.1 Å². The molecule has 0 fully saturated rings. The number of hydrogen-bond donors (Lipinski definition) is 1. The van der Waals surface area contributed by atoms with E-state index in [1.807, 2.05) is 31.2 Å². The van der Waals surface area contributed by atoms with Crippen molar-refractivity contribution in [3.63, 3.8) is 0 Å². The van der Waals surface area contributed by atoms with Gasteiger partial charge in [0.25, 0.3) is 0 Å². The molecule has 0 aliphatic rings. The van der Waals surface area contributed by atoms with Gasteiger partial charge in [-0.1, -0.05) is 38.1 Å². The molecule has 1 aromatic heterocycles. The van der Waals surface area contributed by atoms with Crippen molar-refractivity contribution in [2.24, 2.45) is 5.92 Å². The van der Waals surface area contributed by atoms with Crippen molar-refractivity contribution < 1.29 is 9.13 Å². The maximum absolute atomic E-state index is 14.0. The fourth-order valence-corrected chi connectivity index (χ4v) is 2.32. The van der Waals surface area contributed by atoms with Gasteiger partial charge in [-0.05, 0) is 37.5 Å². The molecular weight excluding hydrogens is 303 g/mol. The molecule has 0 amide bonds. The molecule has 0 radical (unpaired) electrons. The molecule has 130 valence electrons. The largest absolute Gasteiger partial charge is 0.377 e.